The van der Waals surface area contributed by atoms with E-state index in [1.54, 1.807) is 0 Å². The van der Waals surface area contributed by atoms with Crippen LogP contribution in [0.5, 0.6) is 0 Å². The van der Waals surface area contributed by atoms with Crippen molar-refractivity contribution in [2.24, 2.45) is 7.05 Å². The molecule has 22 heavy (non-hydrogen) atoms. The number of allylic oxidation sites excluding steroid dienone is 1. The molecule has 2 aromatic heterocycles. The molecule has 1 aliphatic rings. The van der Waals surface area contributed by atoms with E-state index in [4.69, 9.17) is 0 Å². The third kappa shape index (κ3) is 1.72. The third-order valence-electron chi connectivity index (χ3n) is 4.65. The van der Waals surface area contributed by atoms with Crippen LogP contribution < -0.4 is 4.57 Å². The number of rotatable bonds is 2. The average Bonchev–Trinajstić information content (AvgIpc) is 3.12. The Morgan fingerprint density at radius 2 is 1.91 bits per heavy atom. The van der Waals surface area contributed by atoms with Gasteiger partial charge in [0.25, 0.3) is 0 Å². The fraction of sp³-hybridized carbons (Fsp3) is 0.211. The molecule has 110 valence electrons. The highest BCUT2D eigenvalue weighted by atomic mass is 15.2. The minimum Gasteiger partial charge on any atom is -0.337 e. The second-order valence-corrected chi connectivity index (χ2v) is 6.02. The van der Waals surface area contributed by atoms with Crippen molar-refractivity contribution in [3.8, 4) is 22.5 Å². The summed E-state index contributed by atoms with van der Waals surface area (Å²) in [7, 11) is 2.08. The van der Waals surface area contributed by atoms with E-state index in [1.165, 1.54) is 22.5 Å². The Morgan fingerprint density at radius 1 is 1.14 bits per heavy atom. The van der Waals surface area contributed by atoms with Crippen molar-refractivity contribution < 1.29 is 4.57 Å². The van der Waals surface area contributed by atoms with E-state index in [1.807, 2.05) is 6.08 Å². The van der Waals surface area contributed by atoms with Gasteiger partial charge in [-0.15, -0.1) is 0 Å². The fourth-order valence-electron chi connectivity index (χ4n) is 3.59. The van der Waals surface area contributed by atoms with Gasteiger partial charge in [0.1, 0.15) is 17.9 Å². The maximum atomic E-state index is 4.04. The summed E-state index contributed by atoms with van der Waals surface area (Å²) >= 11 is 0. The molecule has 0 bridgehead atoms. The number of aromatic nitrogens is 3. The number of benzene rings is 1. The molecule has 1 aromatic carbocycles. The molecule has 0 spiro atoms. The predicted molar refractivity (Wildman–Crippen MR) is 88.4 cm³/mol. The van der Waals surface area contributed by atoms with Crippen LogP contribution in [0.25, 0.3) is 22.5 Å². The van der Waals surface area contributed by atoms with Gasteiger partial charge >= 0.3 is 0 Å². The van der Waals surface area contributed by atoms with Gasteiger partial charge < -0.3 is 4.57 Å². The Hall–Kier alpha value is -2.55. The van der Waals surface area contributed by atoms with Crippen LogP contribution in [0.2, 0.25) is 0 Å². The van der Waals surface area contributed by atoms with E-state index < -0.39 is 0 Å². The summed E-state index contributed by atoms with van der Waals surface area (Å²) < 4.78 is 6.83. The van der Waals surface area contributed by atoms with Gasteiger partial charge in [-0.3, -0.25) is 0 Å². The van der Waals surface area contributed by atoms with E-state index in [-0.39, 0.29) is 6.04 Å². The summed E-state index contributed by atoms with van der Waals surface area (Å²) in [5, 5.41) is 0. The number of fused-ring (bicyclic) bond motifs is 3. The van der Waals surface area contributed by atoms with Crippen molar-refractivity contribution in [1.82, 2.24) is 9.13 Å². The van der Waals surface area contributed by atoms with E-state index >= 15 is 0 Å². The van der Waals surface area contributed by atoms with Crippen LogP contribution in [0.15, 0.2) is 67.8 Å². The van der Waals surface area contributed by atoms with Crippen molar-refractivity contribution in [1.29, 1.82) is 0 Å². The van der Waals surface area contributed by atoms with Crippen LogP contribution >= 0.6 is 0 Å². The Balaban J connectivity index is 2.00. The highest BCUT2D eigenvalue weighted by Crippen LogP contribution is 2.42. The van der Waals surface area contributed by atoms with Gasteiger partial charge in [0, 0.05) is 11.8 Å². The Morgan fingerprint density at radius 3 is 2.64 bits per heavy atom. The molecule has 0 saturated heterocycles. The maximum Gasteiger partial charge on any atom is 0.244 e. The number of hydrogen-bond donors (Lipinski definition) is 0. The van der Waals surface area contributed by atoms with Crippen molar-refractivity contribution >= 4 is 0 Å². The Kier molecular flexibility index (Phi) is 2.83. The minimum atomic E-state index is 0.278. The molecular formula is C19H20N3+. The minimum absolute atomic E-state index is 0.278. The summed E-state index contributed by atoms with van der Waals surface area (Å²) in [5.74, 6) is 0. The summed E-state index contributed by atoms with van der Waals surface area (Å²) in [6.07, 6.45) is 8.60. The number of hydrogen-bond acceptors (Lipinski definition) is 0. The summed E-state index contributed by atoms with van der Waals surface area (Å²) in [5.41, 5.74) is 5.08. The van der Waals surface area contributed by atoms with Gasteiger partial charge in [-0.1, -0.05) is 36.9 Å². The summed E-state index contributed by atoms with van der Waals surface area (Å²) in [6.45, 7) is 6.29. The highest BCUT2D eigenvalue weighted by molar-refractivity contribution is 5.80. The highest BCUT2D eigenvalue weighted by Gasteiger charge is 2.35. The number of aryl methyl sites for hydroxylation is 1. The number of nitrogens with zero attached hydrogens (tertiary/aromatic N) is 3. The first-order valence-corrected chi connectivity index (χ1v) is 7.67. The second kappa shape index (κ2) is 4.73. The molecule has 0 radical (unpaired) electrons. The third-order valence-corrected chi connectivity index (χ3v) is 4.65. The molecule has 0 aliphatic carbocycles. The smallest absolute Gasteiger partial charge is 0.244 e. The van der Waals surface area contributed by atoms with Crippen molar-refractivity contribution in [2.75, 3.05) is 0 Å². The zero-order valence-corrected chi connectivity index (χ0v) is 13.0. The molecule has 0 amide bonds. The average molecular weight is 290 g/mol. The van der Waals surface area contributed by atoms with Crippen molar-refractivity contribution in [3.05, 3.63) is 67.8 Å². The fourth-order valence-corrected chi connectivity index (χ4v) is 3.59. The van der Waals surface area contributed by atoms with Crippen molar-refractivity contribution in [3.63, 3.8) is 0 Å². The van der Waals surface area contributed by atoms with Gasteiger partial charge in [0.05, 0.1) is 13.1 Å². The molecule has 4 rings (SSSR count). The first-order chi connectivity index (χ1) is 10.7. The van der Waals surface area contributed by atoms with Crippen LogP contribution in [0.3, 0.4) is 0 Å². The molecule has 2 atom stereocenters. The van der Waals surface area contributed by atoms with Gasteiger partial charge in [-0.2, -0.15) is 0 Å². The predicted octanol–water partition coefficient (Wildman–Crippen LogP) is 3.75. The van der Waals surface area contributed by atoms with E-state index in [9.17, 15) is 0 Å². The summed E-state index contributed by atoms with van der Waals surface area (Å²) in [6, 6.07) is 13.5. The zero-order chi connectivity index (χ0) is 15.3. The summed E-state index contributed by atoms with van der Waals surface area (Å²) in [4.78, 5) is 0. The second-order valence-electron chi connectivity index (χ2n) is 6.02. The van der Waals surface area contributed by atoms with Crippen LogP contribution in [0.4, 0.5) is 0 Å². The van der Waals surface area contributed by atoms with Crippen LogP contribution in [0, 0.1) is 0 Å². The lowest BCUT2D eigenvalue weighted by molar-refractivity contribution is -0.670. The molecule has 2 unspecified atom stereocenters. The van der Waals surface area contributed by atoms with Crippen LogP contribution in [-0.2, 0) is 7.05 Å². The molecule has 3 nitrogen and oxygen atoms in total. The largest absolute Gasteiger partial charge is 0.337 e. The van der Waals surface area contributed by atoms with Crippen LogP contribution in [-0.4, -0.2) is 9.13 Å². The molecule has 1 aliphatic heterocycles. The number of imidazole rings is 1. The maximum absolute atomic E-state index is 4.04. The molecule has 0 N–H and O–H groups in total. The molecule has 0 fully saturated rings. The van der Waals surface area contributed by atoms with E-state index in [2.05, 4.69) is 89.4 Å². The lowest BCUT2D eigenvalue weighted by Crippen LogP contribution is -2.26. The van der Waals surface area contributed by atoms with Gasteiger partial charge in [-0.25, -0.2) is 9.13 Å². The van der Waals surface area contributed by atoms with Gasteiger partial charge in [0.15, 0.2) is 5.69 Å². The monoisotopic (exact) mass is 290 g/mol. The quantitative estimate of drug-likeness (QED) is 0.504. The topological polar surface area (TPSA) is 13.7 Å². The lowest BCUT2D eigenvalue weighted by atomic mass is 10.0. The first-order valence-electron chi connectivity index (χ1n) is 7.67. The standard InChI is InChI=1S/C19H20N3/c1-4-17-14(2)21-11-10-16(15-8-6-5-7-9-15)19(21)18-12-20(3)13-22(17)18/h4-14,17H,1H2,2-3H3/q+1. The molecule has 3 heteroatoms. The van der Waals surface area contributed by atoms with Gasteiger partial charge in [0.2, 0.25) is 6.33 Å². The molecule has 0 saturated carbocycles. The lowest BCUT2D eigenvalue weighted by Gasteiger charge is -2.28. The normalized spacial score (nSPS) is 19.5. The molecule has 3 aromatic rings. The Bertz CT molecular complexity index is 839. The van der Waals surface area contributed by atoms with E-state index in [0.29, 0.717) is 6.04 Å². The SMILES string of the molecule is C=CC1C(C)n2ccc(-c3ccccc3)c2-c2c[n+](C)cn21. The van der Waals surface area contributed by atoms with Crippen LogP contribution in [0.1, 0.15) is 19.0 Å². The van der Waals surface area contributed by atoms with Gasteiger partial charge in [-0.05, 0) is 24.6 Å². The van der Waals surface area contributed by atoms with Crippen molar-refractivity contribution in [2.45, 2.75) is 19.0 Å². The molecule has 3 heterocycles. The molecular weight excluding hydrogens is 270 g/mol. The first kappa shape index (κ1) is 13.1. The Labute approximate surface area is 130 Å². The zero-order valence-electron chi connectivity index (χ0n) is 13.0. The van der Waals surface area contributed by atoms with E-state index in [0.717, 1.165) is 0 Å².